The van der Waals surface area contributed by atoms with E-state index in [9.17, 15) is 26.9 Å². The van der Waals surface area contributed by atoms with Crippen LogP contribution in [0.5, 0.6) is 0 Å². The highest BCUT2D eigenvalue weighted by Gasteiger charge is 2.32. The third-order valence-electron chi connectivity index (χ3n) is 7.63. The molecule has 0 spiro atoms. The fraction of sp³-hybridized carbons (Fsp3) is 0.452. The molecule has 1 amide bonds. The number of nitrogens with zero attached hydrogens (tertiary/aromatic N) is 1. The summed E-state index contributed by atoms with van der Waals surface area (Å²) >= 11 is 1.16. The Bertz CT molecular complexity index is 1620. The Balaban J connectivity index is 1.41. The van der Waals surface area contributed by atoms with Gasteiger partial charge >= 0.3 is 6.18 Å². The lowest BCUT2D eigenvalue weighted by Gasteiger charge is -2.33. The molecule has 0 unspecified atom stereocenters. The fourth-order valence-electron chi connectivity index (χ4n) is 5.14. The predicted octanol–water partition coefficient (Wildman–Crippen LogP) is 6.06. The van der Waals surface area contributed by atoms with E-state index in [2.05, 4.69) is 27.8 Å². The van der Waals surface area contributed by atoms with Crippen LogP contribution in [0.4, 0.5) is 28.9 Å². The molecule has 1 saturated heterocycles. The number of amides is 1. The number of nitrogens with one attached hydrogen (secondary N) is 3. The summed E-state index contributed by atoms with van der Waals surface area (Å²) in [6.45, 7) is 4.37. The van der Waals surface area contributed by atoms with Gasteiger partial charge in [0.15, 0.2) is 0 Å². The smallest absolute Gasteiger partial charge is 0.378 e. The standard InChI is InChI=1S/C31H35F4N4O2PS/c1-39-15-13-26(24(32)18-39)38-27-7-4-6-21-23(17-31(33,34)35)28(43-29(21)27)8-5-14-36-25-12-11-20(42(2,3)41)16-22(25)30(40)37-19-9-10-19/h4,6-7,11-12,16,19,24,26,36,38H,9-10,13-15,17-18H2,1-3H3,(H,37,40)/t24-,26+/m0/s1. The van der Waals surface area contributed by atoms with Crippen LogP contribution in [-0.2, 0) is 11.0 Å². The number of rotatable bonds is 8. The van der Waals surface area contributed by atoms with Gasteiger partial charge in [0.2, 0.25) is 0 Å². The topological polar surface area (TPSA) is 73.5 Å². The van der Waals surface area contributed by atoms with E-state index < -0.39 is 32.0 Å². The summed E-state index contributed by atoms with van der Waals surface area (Å²) in [6, 6.07) is 9.82. The maximum atomic E-state index is 14.7. The lowest BCUT2D eigenvalue weighted by atomic mass is 10.0. The van der Waals surface area contributed by atoms with Crippen LogP contribution < -0.4 is 21.3 Å². The largest absolute Gasteiger partial charge is 0.393 e. The van der Waals surface area contributed by atoms with E-state index in [1.54, 1.807) is 49.7 Å². The number of halogens is 4. The Morgan fingerprint density at radius 1 is 1.14 bits per heavy atom. The molecular formula is C31H35F4N4O2PS. The maximum Gasteiger partial charge on any atom is 0.393 e. The predicted molar refractivity (Wildman–Crippen MR) is 167 cm³/mol. The highest BCUT2D eigenvalue weighted by molar-refractivity contribution is 7.70. The van der Waals surface area contributed by atoms with Crippen molar-refractivity contribution in [3.05, 3.63) is 52.4 Å². The molecule has 2 aliphatic rings. The van der Waals surface area contributed by atoms with Gasteiger partial charge in [-0.25, -0.2) is 4.39 Å². The third kappa shape index (κ3) is 7.91. The molecule has 0 bridgehead atoms. The second-order valence-electron chi connectivity index (χ2n) is 11.7. The van der Waals surface area contributed by atoms with Gasteiger partial charge < -0.3 is 25.4 Å². The number of anilines is 2. The van der Waals surface area contributed by atoms with E-state index in [1.807, 2.05) is 11.9 Å². The van der Waals surface area contributed by atoms with E-state index in [4.69, 9.17) is 0 Å². The van der Waals surface area contributed by atoms with Crippen LogP contribution in [0, 0.1) is 11.8 Å². The van der Waals surface area contributed by atoms with Gasteiger partial charge in [0.1, 0.15) is 13.3 Å². The van der Waals surface area contributed by atoms with Crippen molar-refractivity contribution in [2.24, 2.45) is 0 Å². The Morgan fingerprint density at radius 2 is 1.91 bits per heavy atom. The first kappa shape index (κ1) is 31.4. The van der Waals surface area contributed by atoms with Crippen molar-refractivity contribution in [3.8, 4) is 11.8 Å². The molecule has 3 aromatic rings. The second-order valence-corrected chi connectivity index (χ2v) is 15.9. The fourth-order valence-corrected chi connectivity index (χ4v) is 7.19. The monoisotopic (exact) mass is 634 g/mol. The van der Waals surface area contributed by atoms with Crippen molar-refractivity contribution in [1.29, 1.82) is 0 Å². The number of benzene rings is 2. The first-order chi connectivity index (χ1) is 20.3. The molecule has 2 aromatic carbocycles. The lowest BCUT2D eigenvalue weighted by Crippen LogP contribution is -2.46. The number of likely N-dealkylation sites (tertiary alicyclic amines) is 1. The number of alkyl halides is 4. The third-order valence-corrected chi connectivity index (χ3v) is 10.4. The van der Waals surface area contributed by atoms with Gasteiger partial charge in [-0.15, -0.1) is 11.3 Å². The van der Waals surface area contributed by atoms with Crippen LogP contribution in [0.15, 0.2) is 36.4 Å². The zero-order valence-corrected chi connectivity index (χ0v) is 26.0. The molecule has 5 rings (SSSR count). The lowest BCUT2D eigenvalue weighted by molar-refractivity contribution is -0.126. The van der Waals surface area contributed by atoms with Crippen molar-refractivity contribution < 1.29 is 26.9 Å². The van der Waals surface area contributed by atoms with Crippen molar-refractivity contribution in [2.45, 2.75) is 50.1 Å². The van der Waals surface area contributed by atoms with Crippen LogP contribution in [0.1, 0.15) is 40.1 Å². The maximum absolute atomic E-state index is 14.7. The van der Waals surface area contributed by atoms with Crippen molar-refractivity contribution in [3.63, 3.8) is 0 Å². The molecule has 1 aromatic heterocycles. The average Bonchev–Trinajstić information content (AvgIpc) is 3.67. The Kier molecular flexibility index (Phi) is 9.12. The summed E-state index contributed by atoms with van der Waals surface area (Å²) in [6.07, 6.45) is -4.25. The van der Waals surface area contributed by atoms with Crippen molar-refractivity contribution in [2.75, 3.05) is 50.6 Å². The zero-order valence-electron chi connectivity index (χ0n) is 24.3. The van der Waals surface area contributed by atoms with E-state index in [-0.39, 0.29) is 24.1 Å². The molecule has 1 aliphatic carbocycles. The minimum atomic E-state index is -4.44. The number of piperidine rings is 1. The average molecular weight is 635 g/mol. The zero-order chi connectivity index (χ0) is 30.9. The number of fused-ring (bicyclic) bond motifs is 1. The molecule has 230 valence electrons. The van der Waals surface area contributed by atoms with Crippen molar-refractivity contribution in [1.82, 2.24) is 10.2 Å². The van der Waals surface area contributed by atoms with Gasteiger partial charge in [0.05, 0.1) is 39.8 Å². The van der Waals surface area contributed by atoms with Crippen LogP contribution in [0.3, 0.4) is 0 Å². The van der Waals surface area contributed by atoms with Crippen LogP contribution in [0.25, 0.3) is 10.1 Å². The normalized spacial score (nSPS) is 19.5. The summed E-state index contributed by atoms with van der Waals surface area (Å²) in [4.78, 5) is 15.1. The van der Waals surface area contributed by atoms with Gasteiger partial charge in [0, 0.05) is 30.1 Å². The van der Waals surface area contributed by atoms with Gasteiger partial charge in [-0.1, -0.05) is 24.0 Å². The first-order valence-electron chi connectivity index (χ1n) is 14.2. The Hall–Kier alpha value is -3.06. The van der Waals surface area contributed by atoms with Crippen LogP contribution >= 0.6 is 18.5 Å². The Labute approximate surface area is 253 Å². The molecule has 3 N–H and O–H groups in total. The van der Waals surface area contributed by atoms with Crippen LogP contribution in [0.2, 0.25) is 0 Å². The highest BCUT2D eigenvalue weighted by Crippen LogP contribution is 2.40. The molecule has 0 radical (unpaired) electrons. The molecular weight excluding hydrogens is 599 g/mol. The quantitative estimate of drug-likeness (QED) is 0.160. The SMILES string of the molecule is CN1CC[C@@H](Nc2cccc3c(CC(F)(F)F)c(C#CCNc4ccc(P(C)(C)=O)cc4C(=O)NC4CC4)sc23)[C@@H](F)C1. The molecule has 1 aliphatic heterocycles. The summed E-state index contributed by atoms with van der Waals surface area (Å²) in [5.74, 6) is 5.57. The van der Waals surface area contributed by atoms with Crippen molar-refractivity contribution >= 4 is 51.2 Å². The number of thiophene rings is 1. The summed E-state index contributed by atoms with van der Waals surface area (Å²) in [5, 5.41) is 10.3. The number of hydrogen-bond donors (Lipinski definition) is 3. The molecule has 43 heavy (non-hydrogen) atoms. The minimum Gasteiger partial charge on any atom is -0.378 e. The minimum absolute atomic E-state index is 0.0723. The molecule has 2 heterocycles. The van der Waals surface area contributed by atoms with Gasteiger partial charge in [-0.05, 0) is 74.9 Å². The highest BCUT2D eigenvalue weighted by atomic mass is 32.1. The summed E-state index contributed by atoms with van der Waals surface area (Å²) in [7, 11) is -0.749. The molecule has 1 saturated carbocycles. The Morgan fingerprint density at radius 3 is 2.58 bits per heavy atom. The summed E-state index contributed by atoms with van der Waals surface area (Å²) < 4.78 is 68.9. The van der Waals surface area contributed by atoms with E-state index in [1.165, 1.54) is 0 Å². The molecule has 2 fully saturated rings. The molecule has 2 atom stereocenters. The number of carbonyl (C=O) groups excluding carboxylic acids is 1. The second kappa shape index (κ2) is 12.5. The van der Waals surface area contributed by atoms with Crippen LogP contribution in [-0.4, -0.2) is 75.3 Å². The molecule has 12 heteroatoms. The van der Waals surface area contributed by atoms with E-state index in [0.717, 1.165) is 30.7 Å². The number of hydrogen-bond acceptors (Lipinski definition) is 6. The molecule has 6 nitrogen and oxygen atoms in total. The van der Waals surface area contributed by atoms with Gasteiger partial charge in [-0.3, -0.25) is 4.79 Å². The van der Waals surface area contributed by atoms with Gasteiger partial charge in [-0.2, -0.15) is 13.2 Å². The summed E-state index contributed by atoms with van der Waals surface area (Å²) in [5.41, 5.74) is 1.55. The van der Waals surface area contributed by atoms with E-state index >= 15 is 0 Å². The van der Waals surface area contributed by atoms with Gasteiger partial charge in [0.25, 0.3) is 5.91 Å². The number of carbonyl (C=O) groups is 1. The first-order valence-corrected chi connectivity index (χ1v) is 17.6. The van der Waals surface area contributed by atoms with E-state index in [0.29, 0.717) is 50.2 Å².